The van der Waals surface area contributed by atoms with Gasteiger partial charge in [0.1, 0.15) is 11.5 Å². The van der Waals surface area contributed by atoms with E-state index in [4.69, 9.17) is 9.47 Å². The fraction of sp³-hybridized carbons (Fsp3) is 0.381. The van der Waals surface area contributed by atoms with Crippen LogP contribution in [-0.2, 0) is 14.8 Å². The van der Waals surface area contributed by atoms with E-state index in [9.17, 15) is 13.2 Å². The van der Waals surface area contributed by atoms with E-state index in [1.54, 1.807) is 31.2 Å². The van der Waals surface area contributed by atoms with Crippen molar-refractivity contribution in [3.05, 3.63) is 48.5 Å². The molecule has 0 saturated heterocycles. The van der Waals surface area contributed by atoms with Gasteiger partial charge in [-0.2, -0.15) is 0 Å². The van der Waals surface area contributed by atoms with Crippen molar-refractivity contribution in [2.75, 3.05) is 17.9 Å². The van der Waals surface area contributed by atoms with Crippen molar-refractivity contribution < 1.29 is 22.7 Å². The monoisotopic (exact) mass is 420 g/mol. The summed E-state index contributed by atoms with van der Waals surface area (Å²) < 4.78 is 38.6. The van der Waals surface area contributed by atoms with Crippen LogP contribution in [0.3, 0.4) is 0 Å². The number of rotatable bonds is 10. The third-order valence-corrected chi connectivity index (χ3v) is 5.32. The Balaban J connectivity index is 1.99. The number of carbonyl (C=O) groups is 1. The molecule has 0 bridgehead atoms. The van der Waals surface area contributed by atoms with Crippen LogP contribution in [0.25, 0.3) is 0 Å². The molecule has 1 atom stereocenters. The molecule has 158 valence electrons. The number of anilines is 1. The Morgan fingerprint density at radius 2 is 1.55 bits per heavy atom. The predicted octanol–water partition coefficient (Wildman–Crippen LogP) is 3.43. The summed E-state index contributed by atoms with van der Waals surface area (Å²) in [6.45, 7) is 8.65. The number of sulfonamides is 1. The van der Waals surface area contributed by atoms with E-state index in [2.05, 4.69) is 10.0 Å². The Hall–Kier alpha value is -2.74. The molecule has 0 aliphatic heterocycles. The lowest BCUT2D eigenvalue weighted by Gasteiger charge is -2.16. The molecule has 0 fully saturated rings. The normalized spacial score (nSPS) is 12.3. The van der Waals surface area contributed by atoms with Gasteiger partial charge < -0.3 is 14.8 Å². The minimum absolute atomic E-state index is 0.0932. The molecular weight excluding hydrogens is 392 g/mol. The molecule has 0 radical (unpaired) electrons. The molecule has 0 unspecified atom stereocenters. The van der Waals surface area contributed by atoms with Crippen molar-refractivity contribution in [1.82, 2.24) is 5.32 Å². The molecule has 0 saturated carbocycles. The van der Waals surface area contributed by atoms with E-state index in [0.717, 1.165) is 0 Å². The fourth-order valence-electron chi connectivity index (χ4n) is 2.40. The maximum absolute atomic E-state index is 12.6. The first-order chi connectivity index (χ1) is 13.7. The summed E-state index contributed by atoms with van der Waals surface area (Å²) in [4.78, 5) is 12.1. The maximum atomic E-state index is 12.6. The van der Waals surface area contributed by atoms with Gasteiger partial charge in [0, 0.05) is 12.2 Å². The predicted molar refractivity (Wildman–Crippen MR) is 113 cm³/mol. The first kappa shape index (κ1) is 22.5. The van der Waals surface area contributed by atoms with Gasteiger partial charge in [0.2, 0.25) is 0 Å². The highest BCUT2D eigenvalue weighted by molar-refractivity contribution is 7.92. The second-order valence-electron chi connectivity index (χ2n) is 6.93. The van der Waals surface area contributed by atoms with Gasteiger partial charge in [-0.25, -0.2) is 8.42 Å². The van der Waals surface area contributed by atoms with Crippen molar-refractivity contribution in [2.24, 2.45) is 5.92 Å². The van der Waals surface area contributed by atoms with E-state index < -0.39 is 16.1 Å². The van der Waals surface area contributed by atoms with Crippen molar-refractivity contribution in [3.8, 4) is 11.5 Å². The molecular formula is C21H28N2O5S. The van der Waals surface area contributed by atoms with Gasteiger partial charge in [-0.05, 0) is 68.3 Å². The van der Waals surface area contributed by atoms with Gasteiger partial charge in [0.15, 0.2) is 6.10 Å². The molecule has 2 N–H and O–H groups in total. The molecule has 7 nitrogen and oxygen atoms in total. The molecule has 0 aromatic heterocycles. The van der Waals surface area contributed by atoms with E-state index in [1.165, 1.54) is 24.3 Å². The molecule has 2 aromatic rings. The maximum Gasteiger partial charge on any atom is 0.261 e. The summed E-state index contributed by atoms with van der Waals surface area (Å²) >= 11 is 0. The zero-order valence-electron chi connectivity index (χ0n) is 17.1. The average molecular weight is 421 g/mol. The molecule has 0 heterocycles. The van der Waals surface area contributed by atoms with E-state index >= 15 is 0 Å². The van der Waals surface area contributed by atoms with Crippen LogP contribution in [0.2, 0.25) is 0 Å². The van der Waals surface area contributed by atoms with E-state index in [0.29, 0.717) is 36.3 Å². The van der Waals surface area contributed by atoms with Crippen LogP contribution in [0, 0.1) is 5.92 Å². The number of amides is 1. The third kappa shape index (κ3) is 6.98. The smallest absolute Gasteiger partial charge is 0.261 e. The molecule has 8 heteroatoms. The Morgan fingerprint density at radius 3 is 2.10 bits per heavy atom. The van der Waals surface area contributed by atoms with Crippen LogP contribution in [0.15, 0.2) is 53.4 Å². The standard InChI is InChI=1S/C21H28N2O5S/c1-5-27-18-8-6-17(7-9-18)23-29(25,26)20-12-10-19(11-13-20)28-16(4)21(24)22-14-15(2)3/h6-13,15-16,23H,5,14H2,1-4H3,(H,22,24)/t16-/m1/s1. The third-order valence-electron chi connectivity index (χ3n) is 3.92. The lowest BCUT2D eigenvalue weighted by Crippen LogP contribution is -2.38. The van der Waals surface area contributed by atoms with Crippen LogP contribution < -0.4 is 19.5 Å². The Kier molecular flexibility index (Phi) is 7.90. The molecule has 0 spiro atoms. The number of nitrogens with one attached hydrogen (secondary N) is 2. The number of benzene rings is 2. The number of ether oxygens (including phenoxy) is 2. The lowest BCUT2D eigenvalue weighted by atomic mass is 10.2. The van der Waals surface area contributed by atoms with Crippen molar-refractivity contribution in [2.45, 2.75) is 38.7 Å². The summed E-state index contributed by atoms with van der Waals surface area (Å²) in [5.41, 5.74) is 0.434. The number of carbonyl (C=O) groups excluding carboxylic acids is 1. The van der Waals surface area contributed by atoms with Crippen molar-refractivity contribution in [1.29, 1.82) is 0 Å². The molecule has 29 heavy (non-hydrogen) atoms. The van der Waals surface area contributed by atoms with Crippen LogP contribution in [-0.4, -0.2) is 33.6 Å². The zero-order chi connectivity index (χ0) is 21.4. The Morgan fingerprint density at radius 1 is 0.966 bits per heavy atom. The molecule has 0 aliphatic carbocycles. The summed E-state index contributed by atoms with van der Waals surface area (Å²) in [5, 5.41) is 2.80. The molecule has 0 aliphatic rings. The van der Waals surface area contributed by atoms with Crippen LogP contribution >= 0.6 is 0 Å². The largest absolute Gasteiger partial charge is 0.494 e. The fourth-order valence-corrected chi connectivity index (χ4v) is 3.46. The SMILES string of the molecule is CCOc1ccc(NS(=O)(=O)c2ccc(O[C@H](C)C(=O)NCC(C)C)cc2)cc1. The Labute approximate surface area is 172 Å². The second-order valence-corrected chi connectivity index (χ2v) is 8.62. The quantitative estimate of drug-likeness (QED) is 0.614. The number of hydrogen-bond donors (Lipinski definition) is 2. The lowest BCUT2D eigenvalue weighted by molar-refractivity contribution is -0.127. The first-order valence-corrected chi connectivity index (χ1v) is 11.0. The van der Waals surface area contributed by atoms with Crippen LogP contribution in [0.4, 0.5) is 5.69 Å². The van der Waals surface area contributed by atoms with Gasteiger partial charge in [0.25, 0.3) is 15.9 Å². The van der Waals surface area contributed by atoms with Gasteiger partial charge in [-0.15, -0.1) is 0 Å². The topological polar surface area (TPSA) is 93.7 Å². The van der Waals surface area contributed by atoms with Gasteiger partial charge >= 0.3 is 0 Å². The van der Waals surface area contributed by atoms with Crippen LogP contribution in [0.5, 0.6) is 11.5 Å². The second kappa shape index (κ2) is 10.2. The highest BCUT2D eigenvalue weighted by atomic mass is 32.2. The molecule has 2 aromatic carbocycles. The van der Waals surface area contributed by atoms with Crippen molar-refractivity contribution >= 4 is 21.6 Å². The highest BCUT2D eigenvalue weighted by Crippen LogP contribution is 2.22. The Bertz CT molecular complexity index is 894. The minimum Gasteiger partial charge on any atom is -0.494 e. The first-order valence-electron chi connectivity index (χ1n) is 9.51. The minimum atomic E-state index is -3.74. The molecule has 1 amide bonds. The summed E-state index contributed by atoms with van der Waals surface area (Å²) in [6, 6.07) is 12.6. The van der Waals surface area contributed by atoms with Crippen LogP contribution in [0.1, 0.15) is 27.7 Å². The zero-order valence-corrected chi connectivity index (χ0v) is 18.0. The van der Waals surface area contributed by atoms with E-state index in [1.807, 2.05) is 20.8 Å². The van der Waals surface area contributed by atoms with Gasteiger partial charge in [0.05, 0.1) is 11.5 Å². The van der Waals surface area contributed by atoms with Gasteiger partial charge in [-0.3, -0.25) is 9.52 Å². The summed E-state index contributed by atoms with van der Waals surface area (Å²) in [5.74, 6) is 1.21. The highest BCUT2D eigenvalue weighted by Gasteiger charge is 2.17. The van der Waals surface area contributed by atoms with Gasteiger partial charge in [-0.1, -0.05) is 13.8 Å². The van der Waals surface area contributed by atoms with Crippen molar-refractivity contribution in [3.63, 3.8) is 0 Å². The number of hydrogen-bond acceptors (Lipinski definition) is 5. The summed E-state index contributed by atoms with van der Waals surface area (Å²) in [6.07, 6.45) is -0.682. The average Bonchev–Trinajstić information content (AvgIpc) is 2.68. The molecule has 2 rings (SSSR count). The summed E-state index contributed by atoms with van der Waals surface area (Å²) in [7, 11) is -3.74. The van der Waals surface area contributed by atoms with E-state index in [-0.39, 0.29) is 10.8 Å².